The monoisotopic (exact) mass is 1140 g/mol. The molecule has 1 aliphatic rings. The van der Waals surface area contributed by atoms with Gasteiger partial charge in [-0.2, -0.15) is 0 Å². The van der Waals surface area contributed by atoms with Gasteiger partial charge >= 0.3 is 376 Å². The molecular formula is C52H62As6. The Morgan fingerprint density at radius 1 is 0.190 bits per heavy atom. The van der Waals surface area contributed by atoms with E-state index in [9.17, 15) is 0 Å². The normalized spacial score (nSPS) is 23.8. The van der Waals surface area contributed by atoms with Crippen LogP contribution in [0.5, 0.6) is 0 Å². The number of benzene rings is 6. The van der Waals surface area contributed by atoms with Crippen molar-refractivity contribution in [2.75, 3.05) is 0 Å². The SMILES string of the molecule is c1ccc([As]2CCCCCCCCCCCCCCCC[As](c3ccccc3)[As](c3ccccc3)[As](c3ccccc3)[As](c3ccccc3)[As]2c2ccccc2)cc1. The first-order chi connectivity index (χ1) is 28.9. The van der Waals surface area contributed by atoms with Gasteiger partial charge < -0.3 is 0 Å². The van der Waals surface area contributed by atoms with Crippen LogP contribution in [0.25, 0.3) is 0 Å². The fourth-order valence-electron chi connectivity index (χ4n) is 8.06. The zero-order chi connectivity index (χ0) is 39.5. The maximum absolute atomic E-state index is 2.66. The molecular weight excluding hydrogens is 1070 g/mol. The van der Waals surface area contributed by atoms with Gasteiger partial charge in [0.1, 0.15) is 0 Å². The quantitative estimate of drug-likeness (QED) is 0.146. The minimum absolute atomic E-state index is 1.42. The fraction of sp³-hybridized carbons (Fsp3) is 0.308. The molecule has 0 bridgehead atoms. The van der Waals surface area contributed by atoms with E-state index in [-0.39, 0.29) is 0 Å². The fourth-order valence-corrected chi connectivity index (χ4v) is 412. The van der Waals surface area contributed by atoms with Crippen molar-refractivity contribution in [2.45, 2.75) is 100 Å². The summed E-state index contributed by atoms with van der Waals surface area (Å²) >= 11 is -2.98. The first-order valence-electron chi connectivity index (χ1n) is 21.9. The van der Waals surface area contributed by atoms with Gasteiger partial charge in [0, 0.05) is 0 Å². The minimum atomic E-state index is -1.68. The van der Waals surface area contributed by atoms with Crippen molar-refractivity contribution in [2.24, 2.45) is 0 Å². The molecule has 0 aliphatic carbocycles. The van der Waals surface area contributed by atoms with E-state index >= 15 is 0 Å². The molecule has 0 amide bonds. The molecule has 0 nitrogen and oxygen atoms in total. The zero-order valence-electron chi connectivity index (χ0n) is 34.3. The molecule has 1 heterocycles. The predicted molar refractivity (Wildman–Crippen MR) is 265 cm³/mol. The first-order valence-corrected chi connectivity index (χ1v) is 56.2. The summed E-state index contributed by atoms with van der Waals surface area (Å²) in [5, 5.41) is 2.97. The zero-order valence-corrected chi connectivity index (χ0v) is 45.6. The third-order valence-electron chi connectivity index (χ3n) is 11.0. The molecule has 58 heavy (non-hydrogen) atoms. The van der Waals surface area contributed by atoms with Crippen LogP contribution in [0.2, 0.25) is 10.4 Å². The van der Waals surface area contributed by atoms with Gasteiger partial charge in [-0.05, 0) is 0 Å². The van der Waals surface area contributed by atoms with Gasteiger partial charge in [0.05, 0.1) is 0 Å². The Balaban J connectivity index is 1.46. The summed E-state index contributed by atoms with van der Waals surface area (Å²) in [5.74, 6) is 0. The standard InChI is InChI=1S/C52H62As6/c1-2-4-6-8-10-12-32-46-54(48-35-21-14-22-36-48)56(50-39-25-16-26-40-50)58(52-43-29-18-30-44-52)57(51-41-27-17-28-42-51)55(49-37-23-15-24-38-49)53(47-33-19-13-20-34-47)45-31-11-9-7-5-3-1/h13-30,33-44H,1-12,31-32,45-46H2. The molecule has 0 saturated carbocycles. The van der Waals surface area contributed by atoms with Gasteiger partial charge in [0.25, 0.3) is 0 Å². The molecule has 6 unspecified atom stereocenters. The van der Waals surface area contributed by atoms with E-state index in [0.717, 1.165) is 0 Å². The van der Waals surface area contributed by atoms with Crippen molar-refractivity contribution in [3.8, 4) is 0 Å². The Morgan fingerprint density at radius 2 is 0.379 bits per heavy atom. The predicted octanol–water partition coefficient (Wildman–Crippen LogP) is 9.27. The Hall–Kier alpha value is -1.33. The summed E-state index contributed by atoms with van der Waals surface area (Å²) in [6.07, 6.45) is 20.0. The summed E-state index contributed by atoms with van der Waals surface area (Å²) < 4.78 is 10.8. The van der Waals surface area contributed by atoms with Gasteiger partial charge in [-0.15, -0.1) is 0 Å². The maximum atomic E-state index is 2.66. The van der Waals surface area contributed by atoms with E-state index in [0.29, 0.717) is 0 Å². The van der Waals surface area contributed by atoms with E-state index in [1.54, 1.807) is 8.70 Å². The summed E-state index contributed by atoms with van der Waals surface area (Å²) in [4.78, 5) is 0. The molecule has 6 heteroatoms. The van der Waals surface area contributed by atoms with E-state index < -0.39 is 67.2 Å². The van der Waals surface area contributed by atoms with Crippen molar-refractivity contribution in [1.82, 2.24) is 0 Å². The van der Waals surface area contributed by atoms with Crippen LogP contribution >= 0.6 is 0 Å². The molecule has 6 atom stereocenters. The van der Waals surface area contributed by atoms with Crippen LogP contribution in [0.15, 0.2) is 182 Å². The third kappa shape index (κ3) is 13.1. The van der Waals surface area contributed by atoms with Crippen molar-refractivity contribution in [1.29, 1.82) is 0 Å². The van der Waals surface area contributed by atoms with Crippen molar-refractivity contribution in [3.63, 3.8) is 0 Å². The summed E-state index contributed by atoms with van der Waals surface area (Å²) in [5.41, 5.74) is 0. The molecule has 1 saturated heterocycles. The molecule has 1 aliphatic heterocycles. The van der Waals surface area contributed by atoms with E-state index in [1.807, 2.05) is 17.4 Å². The first kappa shape index (κ1) is 44.7. The summed E-state index contributed by atoms with van der Waals surface area (Å²) in [7, 11) is -6.60. The Kier molecular flexibility index (Phi) is 19.7. The van der Waals surface area contributed by atoms with E-state index in [2.05, 4.69) is 182 Å². The van der Waals surface area contributed by atoms with Crippen LogP contribution in [0, 0.1) is 0 Å². The average Bonchev–Trinajstić information content (AvgIpc) is 3.29. The molecule has 0 spiro atoms. The van der Waals surface area contributed by atoms with Crippen LogP contribution in [-0.2, 0) is 0 Å². The van der Waals surface area contributed by atoms with Crippen LogP contribution in [0.1, 0.15) is 89.9 Å². The molecule has 0 N–H and O–H groups in total. The second-order valence-corrected chi connectivity index (χ2v) is 108. The van der Waals surface area contributed by atoms with Crippen molar-refractivity contribution >= 4 is 93.4 Å². The summed E-state index contributed by atoms with van der Waals surface area (Å²) in [6, 6.07) is 74.2. The van der Waals surface area contributed by atoms with Crippen molar-refractivity contribution in [3.05, 3.63) is 182 Å². The van der Waals surface area contributed by atoms with Gasteiger partial charge in [-0.1, -0.05) is 0 Å². The van der Waals surface area contributed by atoms with Crippen LogP contribution in [-0.4, -0.2) is 67.2 Å². The number of hydrogen-bond donors (Lipinski definition) is 0. The van der Waals surface area contributed by atoms with E-state index in [1.165, 1.54) is 100 Å². The number of hydrogen-bond acceptors (Lipinski definition) is 0. The molecule has 6 aromatic rings. The second kappa shape index (κ2) is 25.6. The van der Waals surface area contributed by atoms with Crippen molar-refractivity contribution < 1.29 is 0 Å². The van der Waals surface area contributed by atoms with Gasteiger partial charge in [0.15, 0.2) is 0 Å². The molecule has 0 aromatic heterocycles. The Morgan fingerprint density at radius 3 is 0.621 bits per heavy atom. The number of rotatable bonds is 6. The topological polar surface area (TPSA) is 0 Å². The third-order valence-corrected chi connectivity index (χ3v) is 219. The van der Waals surface area contributed by atoms with Gasteiger partial charge in [-0.3, -0.25) is 0 Å². The average molecular weight is 1140 g/mol. The molecule has 7 rings (SSSR count). The van der Waals surface area contributed by atoms with Gasteiger partial charge in [0.2, 0.25) is 0 Å². The molecule has 0 radical (unpaired) electrons. The second-order valence-electron chi connectivity index (χ2n) is 15.4. The Bertz CT molecular complexity index is 1820. The molecule has 1 fully saturated rings. The molecule has 6 aromatic carbocycles. The molecule has 300 valence electrons. The summed E-state index contributed by atoms with van der Waals surface area (Å²) in [6.45, 7) is 0. The van der Waals surface area contributed by atoms with Crippen LogP contribution in [0.4, 0.5) is 0 Å². The van der Waals surface area contributed by atoms with Crippen LogP contribution in [0.3, 0.4) is 0 Å². The Labute approximate surface area is 371 Å². The van der Waals surface area contributed by atoms with Gasteiger partial charge in [-0.25, -0.2) is 0 Å². The van der Waals surface area contributed by atoms with Crippen LogP contribution < -0.4 is 26.1 Å². The van der Waals surface area contributed by atoms with E-state index in [4.69, 9.17) is 0 Å².